The number of alkyl halides is 3. The van der Waals surface area contributed by atoms with Gasteiger partial charge >= 0.3 is 11.9 Å². The third-order valence-corrected chi connectivity index (χ3v) is 4.98. The molecule has 0 bridgehead atoms. The molecule has 1 fully saturated rings. The molecule has 0 spiro atoms. The number of aromatic nitrogens is 3. The van der Waals surface area contributed by atoms with E-state index in [9.17, 15) is 23.3 Å². The summed E-state index contributed by atoms with van der Waals surface area (Å²) in [6, 6.07) is 2.39. The van der Waals surface area contributed by atoms with E-state index in [2.05, 4.69) is 25.6 Å². The second-order valence-electron chi connectivity index (χ2n) is 7.25. The zero-order valence-corrected chi connectivity index (χ0v) is 16.0. The van der Waals surface area contributed by atoms with Crippen LogP contribution in [0.25, 0.3) is 0 Å². The van der Waals surface area contributed by atoms with Crippen LogP contribution in [0.1, 0.15) is 36.9 Å². The van der Waals surface area contributed by atoms with Crippen LogP contribution in [0.2, 0.25) is 0 Å². The summed E-state index contributed by atoms with van der Waals surface area (Å²) in [7, 11) is 0. The molecule has 162 valence electrons. The van der Waals surface area contributed by atoms with Gasteiger partial charge < -0.3 is 16.4 Å². The molecule has 0 aromatic carbocycles. The van der Waals surface area contributed by atoms with Crippen LogP contribution >= 0.6 is 0 Å². The van der Waals surface area contributed by atoms with Crippen molar-refractivity contribution in [1.29, 1.82) is 0 Å². The summed E-state index contributed by atoms with van der Waals surface area (Å²) in [6.45, 7) is 0.649. The predicted octanol–water partition coefficient (Wildman–Crippen LogP) is 3.34. The van der Waals surface area contributed by atoms with Gasteiger partial charge in [-0.1, -0.05) is 6.07 Å². The third-order valence-electron chi connectivity index (χ3n) is 4.98. The van der Waals surface area contributed by atoms with E-state index in [1.807, 2.05) is 0 Å². The number of rotatable bonds is 7. The molecular formula is C18H22F3N7O2. The van der Waals surface area contributed by atoms with Crippen molar-refractivity contribution in [3.63, 3.8) is 0 Å². The molecule has 0 atom stereocenters. The Hall–Kier alpha value is -3.02. The normalized spacial score (nSPS) is 19.3. The van der Waals surface area contributed by atoms with Gasteiger partial charge in [0.05, 0.1) is 4.92 Å². The largest absolute Gasteiger partial charge is 0.433 e. The lowest BCUT2D eigenvalue weighted by molar-refractivity contribution is -0.384. The van der Waals surface area contributed by atoms with Crippen LogP contribution in [0.3, 0.4) is 0 Å². The molecule has 2 aromatic rings. The van der Waals surface area contributed by atoms with Crippen molar-refractivity contribution in [3.8, 4) is 0 Å². The predicted molar refractivity (Wildman–Crippen MR) is 104 cm³/mol. The maximum Gasteiger partial charge on any atom is 0.433 e. The van der Waals surface area contributed by atoms with Gasteiger partial charge in [0, 0.05) is 25.3 Å². The highest BCUT2D eigenvalue weighted by molar-refractivity contribution is 5.57. The number of hydrogen-bond donors (Lipinski definition) is 3. The highest BCUT2D eigenvalue weighted by Gasteiger charge is 2.32. The van der Waals surface area contributed by atoms with E-state index in [1.165, 1.54) is 6.07 Å². The molecule has 0 saturated heterocycles. The summed E-state index contributed by atoms with van der Waals surface area (Å²) < 4.78 is 37.7. The maximum absolute atomic E-state index is 12.6. The van der Waals surface area contributed by atoms with Crippen molar-refractivity contribution < 1.29 is 18.1 Å². The Kier molecular flexibility index (Phi) is 6.65. The molecule has 2 heterocycles. The maximum atomic E-state index is 12.6. The van der Waals surface area contributed by atoms with E-state index in [-0.39, 0.29) is 30.0 Å². The number of nitro groups is 1. The fourth-order valence-corrected chi connectivity index (χ4v) is 3.24. The number of halogens is 3. The van der Waals surface area contributed by atoms with Gasteiger partial charge in [0.1, 0.15) is 11.9 Å². The molecule has 4 N–H and O–H groups in total. The van der Waals surface area contributed by atoms with Crippen LogP contribution < -0.4 is 16.4 Å². The number of nitrogens with one attached hydrogen (secondary N) is 2. The van der Waals surface area contributed by atoms with Gasteiger partial charge in [-0.2, -0.15) is 18.2 Å². The zero-order valence-electron chi connectivity index (χ0n) is 16.0. The van der Waals surface area contributed by atoms with Gasteiger partial charge in [0.15, 0.2) is 0 Å². The summed E-state index contributed by atoms with van der Waals surface area (Å²) in [5, 5.41) is 17.1. The van der Waals surface area contributed by atoms with Crippen LogP contribution in [0.15, 0.2) is 24.5 Å². The van der Waals surface area contributed by atoms with E-state index < -0.39 is 16.8 Å². The van der Waals surface area contributed by atoms with Crippen molar-refractivity contribution in [2.24, 2.45) is 11.7 Å². The van der Waals surface area contributed by atoms with Gasteiger partial charge in [-0.3, -0.25) is 15.1 Å². The molecule has 0 unspecified atom stereocenters. The lowest BCUT2D eigenvalue weighted by Gasteiger charge is -2.26. The van der Waals surface area contributed by atoms with E-state index in [1.54, 1.807) is 0 Å². The van der Waals surface area contributed by atoms with E-state index >= 15 is 0 Å². The summed E-state index contributed by atoms with van der Waals surface area (Å²) in [5.41, 5.74) is 5.16. The quantitative estimate of drug-likeness (QED) is 0.455. The van der Waals surface area contributed by atoms with E-state index in [4.69, 9.17) is 5.73 Å². The molecule has 0 amide bonds. The first-order chi connectivity index (χ1) is 14.2. The second kappa shape index (κ2) is 9.20. The summed E-state index contributed by atoms with van der Waals surface area (Å²) >= 11 is 0. The van der Waals surface area contributed by atoms with Gasteiger partial charge in [0.2, 0.25) is 11.8 Å². The van der Waals surface area contributed by atoms with Crippen molar-refractivity contribution in [1.82, 2.24) is 15.0 Å². The first-order valence-corrected chi connectivity index (χ1v) is 9.49. The standard InChI is InChI=1S/C18H22F3N7O2/c19-18(20,21)15-6-3-12(8-23-15)9-25-17-26-10-14(28(29)30)16(27-17)24-7-11-1-4-13(22)5-2-11/h3,6,8,10-11,13H,1-2,4-5,7,9,22H2,(H2,24,25,26,27). The minimum absolute atomic E-state index is 0.0953. The van der Waals surface area contributed by atoms with Crippen LogP contribution in [-0.2, 0) is 12.7 Å². The lowest BCUT2D eigenvalue weighted by Crippen LogP contribution is -2.29. The van der Waals surface area contributed by atoms with Crippen molar-refractivity contribution in [3.05, 3.63) is 45.9 Å². The van der Waals surface area contributed by atoms with Gasteiger partial charge in [-0.05, 0) is 43.2 Å². The number of nitrogens with two attached hydrogens (primary N) is 1. The summed E-state index contributed by atoms with van der Waals surface area (Å²) in [4.78, 5) is 22.2. The Labute approximate surface area is 170 Å². The summed E-state index contributed by atoms with van der Waals surface area (Å²) in [5.74, 6) is 0.570. The number of nitrogens with zero attached hydrogens (tertiary/aromatic N) is 4. The molecule has 1 aliphatic rings. The van der Waals surface area contributed by atoms with Crippen LogP contribution in [0, 0.1) is 16.0 Å². The number of pyridine rings is 1. The molecule has 9 nitrogen and oxygen atoms in total. The monoisotopic (exact) mass is 425 g/mol. The molecule has 2 aromatic heterocycles. The molecule has 1 saturated carbocycles. The number of hydrogen-bond acceptors (Lipinski definition) is 8. The molecule has 0 aliphatic heterocycles. The topological polar surface area (TPSA) is 132 Å². The van der Waals surface area contributed by atoms with Crippen molar-refractivity contribution in [2.75, 3.05) is 17.2 Å². The summed E-state index contributed by atoms with van der Waals surface area (Å²) in [6.07, 6.45) is 1.43. The van der Waals surface area contributed by atoms with E-state index in [0.717, 1.165) is 44.1 Å². The molecule has 0 radical (unpaired) electrons. The fourth-order valence-electron chi connectivity index (χ4n) is 3.24. The zero-order chi connectivity index (χ0) is 21.7. The first-order valence-electron chi connectivity index (χ1n) is 9.49. The fraction of sp³-hybridized carbons (Fsp3) is 0.500. The SMILES string of the molecule is NC1CCC(CNc2nc(NCc3ccc(C(F)(F)F)nc3)ncc2[N+](=O)[O-])CC1. The molecule has 30 heavy (non-hydrogen) atoms. The van der Waals surface area contributed by atoms with Crippen LogP contribution in [-0.4, -0.2) is 32.5 Å². The Bertz CT molecular complexity index is 869. The second-order valence-corrected chi connectivity index (χ2v) is 7.25. The van der Waals surface area contributed by atoms with Crippen molar-refractivity contribution >= 4 is 17.5 Å². The highest BCUT2D eigenvalue weighted by Crippen LogP contribution is 2.28. The van der Waals surface area contributed by atoms with Crippen molar-refractivity contribution in [2.45, 2.75) is 44.4 Å². The number of anilines is 2. The van der Waals surface area contributed by atoms with Crippen LogP contribution in [0.5, 0.6) is 0 Å². The third kappa shape index (κ3) is 5.75. The smallest absolute Gasteiger partial charge is 0.364 e. The molecule has 1 aliphatic carbocycles. The molecular weight excluding hydrogens is 403 g/mol. The van der Waals surface area contributed by atoms with Gasteiger partial charge in [-0.25, -0.2) is 4.98 Å². The van der Waals surface area contributed by atoms with Gasteiger partial charge in [0.25, 0.3) is 0 Å². The molecule has 3 rings (SSSR count). The average Bonchev–Trinajstić information content (AvgIpc) is 2.71. The Morgan fingerprint density at radius 3 is 2.47 bits per heavy atom. The molecule has 12 heteroatoms. The van der Waals surface area contributed by atoms with Gasteiger partial charge in [-0.15, -0.1) is 0 Å². The average molecular weight is 425 g/mol. The first kappa shape index (κ1) is 21.7. The van der Waals surface area contributed by atoms with Crippen LogP contribution in [0.4, 0.5) is 30.6 Å². The minimum Gasteiger partial charge on any atom is -0.364 e. The lowest BCUT2D eigenvalue weighted by atomic mass is 9.86. The Morgan fingerprint density at radius 1 is 1.13 bits per heavy atom. The highest BCUT2D eigenvalue weighted by atomic mass is 19.4. The van der Waals surface area contributed by atoms with E-state index in [0.29, 0.717) is 18.0 Å². The minimum atomic E-state index is -4.50. The Morgan fingerprint density at radius 2 is 1.87 bits per heavy atom. The Balaban J connectivity index is 1.64.